The van der Waals surface area contributed by atoms with Crippen LogP contribution in [0.2, 0.25) is 0 Å². The topological polar surface area (TPSA) is 62.8 Å². The predicted molar refractivity (Wildman–Crippen MR) is 115 cm³/mol. The Morgan fingerprint density at radius 3 is 2.55 bits per heavy atom. The molecule has 7 heteroatoms. The predicted octanol–water partition coefficient (Wildman–Crippen LogP) is 2.44. The molecule has 0 aliphatic carbocycles. The van der Waals surface area contributed by atoms with Crippen molar-refractivity contribution in [2.24, 2.45) is 0 Å². The molecule has 0 unspecified atom stereocenters. The molecule has 2 fully saturated rings. The number of aromatic nitrogens is 2. The first-order valence-electron chi connectivity index (χ1n) is 10.6. The van der Waals surface area contributed by atoms with Crippen LogP contribution in [0.15, 0.2) is 36.7 Å². The van der Waals surface area contributed by atoms with Gasteiger partial charge in [0.15, 0.2) is 0 Å². The third-order valence-corrected chi connectivity index (χ3v) is 5.88. The van der Waals surface area contributed by atoms with Crippen molar-refractivity contribution in [2.45, 2.75) is 25.3 Å². The van der Waals surface area contributed by atoms with Crippen molar-refractivity contribution in [2.75, 3.05) is 63.3 Å². The summed E-state index contributed by atoms with van der Waals surface area (Å²) in [6.45, 7) is 6.81. The summed E-state index contributed by atoms with van der Waals surface area (Å²) in [7, 11) is 1.69. The van der Waals surface area contributed by atoms with Crippen LogP contribution in [-0.4, -0.2) is 74.0 Å². The van der Waals surface area contributed by atoms with E-state index >= 15 is 0 Å². The summed E-state index contributed by atoms with van der Waals surface area (Å²) in [5.74, 6) is 2.80. The van der Waals surface area contributed by atoms with Crippen molar-refractivity contribution in [3.05, 3.63) is 42.2 Å². The molecule has 1 N–H and O–H groups in total. The Morgan fingerprint density at radius 2 is 1.83 bits per heavy atom. The number of nitrogens with zero attached hydrogens (tertiary/aromatic N) is 4. The minimum absolute atomic E-state index is 0.680. The van der Waals surface area contributed by atoms with E-state index in [1.54, 1.807) is 13.4 Å². The van der Waals surface area contributed by atoms with Crippen LogP contribution in [0, 0.1) is 0 Å². The SMILES string of the molecule is COc1ccc(CCNc2cc(N3CCC(N4CCOCC4)CC3)ncn2)cc1. The maximum atomic E-state index is 5.48. The number of piperidine rings is 1. The van der Waals surface area contributed by atoms with E-state index in [0.29, 0.717) is 6.04 Å². The van der Waals surface area contributed by atoms with E-state index in [-0.39, 0.29) is 0 Å². The smallest absolute Gasteiger partial charge is 0.134 e. The van der Waals surface area contributed by atoms with E-state index in [1.165, 1.54) is 18.4 Å². The second-order valence-corrected chi connectivity index (χ2v) is 7.65. The Labute approximate surface area is 173 Å². The molecule has 156 valence electrons. The zero-order valence-corrected chi connectivity index (χ0v) is 17.2. The van der Waals surface area contributed by atoms with E-state index < -0.39 is 0 Å². The molecule has 1 aromatic heterocycles. The van der Waals surface area contributed by atoms with Gasteiger partial charge in [-0.05, 0) is 37.0 Å². The Kier molecular flexibility index (Phi) is 6.79. The second-order valence-electron chi connectivity index (χ2n) is 7.65. The van der Waals surface area contributed by atoms with Gasteiger partial charge in [-0.25, -0.2) is 9.97 Å². The number of ether oxygens (including phenoxy) is 2. The third kappa shape index (κ3) is 5.36. The molecule has 2 saturated heterocycles. The molecule has 0 atom stereocenters. The normalized spacial score (nSPS) is 18.6. The summed E-state index contributed by atoms with van der Waals surface area (Å²) < 4.78 is 10.7. The lowest BCUT2D eigenvalue weighted by atomic mass is 10.0. The molecule has 3 heterocycles. The monoisotopic (exact) mass is 397 g/mol. The molecular weight excluding hydrogens is 366 g/mol. The van der Waals surface area contributed by atoms with Crippen LogP contribution in [0.1, 0.15) is 18.4 Å². The molecule has 1 aromatic carbocycles. The fourth-order valence-corrected chi connectivity index (χ4v) is 4.15. The first kappa shape index (κ1) is 19.9. The van der Waals surface area contributed by atoms with Gasteiger partial charge in [0.05, 0.1) is 20.3 Å². The molecule has 0 radical (unpaired) electrons. The van der Waals surface area contributed by atoms with Gasteiger partial charge in [0.2, 0.25) is 0 Å². The Balaban J connectivity index is 1.26. The lowest BCUT2D eigenvalue weighted by Crippen LogP contribution is -2.49. The fraction of sp³-hybridized carbons (Fsp3) is 0.545. The van der Waals surface area contributed by atoms with Crippen molar-refractivity contribution in [3.8, 4) is 5.75 Å². The fourth-order valence-electron chi connectivity index (χ4n) is 4.15. The summed E-state index contributed by atoms with van der Waals surface area (Å²) in [6.07, 6.45) is 4.97. The Hall–Kier alpha value is -2.38. The molecule has 0 saturated carbocycles. The molecule has 4 rings (SSSR count). The van der Waals surface area contributed by atoms with Crippen LogP contribution in [0.5, 0.6) is 5.75 Å². The molecule has 29 heavy (non-hydrogen) atoms. The molecule has 2 aliphatic rings. The zero-order chi connectivity index (χ0) is 19.9. The lowest BCUT2D eigenvalue weighted by molar-refractivity contribution is 0.0115. The number of benzene rings is 1. The number of rotatable bonds is 7. The highest BCUT2D eigenvalue weighted by Crippen LogP contribution is 2.23. The largest absolute Gasteiger partial charge is 0.497 e. The van der Waals surface area contributed by atoms with Crippen LogP contribution in [-0.2, 0) is 11.2 Å². The number of hydrogen-bond donors (Lipinski definition) is 1. The molecule has 2 aliphatic heterocycles. The highest BCUT2D eigenvalue weighted by Gasteiger charge is 2.26. The summed E-state index contributed by atoms with van der Waals surface area (Å²) in [5.41, 5.74) is 1.28. The number of hydrogen-bond acceptors (Lipinski definition) is 7. The molecule has 0 bridgehead atoms. The average Bonchev–Trinajstić information content (AvgIpc) is 2.80. The quantitative estimate of drug-likeness (QED) is 0.770. The van der Waals surface area contributed by atoms with Gasteiger partial charge in [-0.15, -0.1) is 0 Å². The lowest BCUT2D eigenvalue weighted by Gasteiger charge is -2.40. The van der Waals surface area contributed by atoms with E-state index in [4.69, 9.17) is 9.47 Å². The number of nitrogens with one attached hydrogen (secondary N) is 1. The summed E-state index contributed by atoms with van der Waals surface area (Å²) in [5, 5.41) is 3.43. The minimum atomic E-state index is 0.680. The van der Waals surface area contributed by atoms with Gasteiger partial charge < -0.3 is 19.7 Å². The Bertz CT molecular complexity index is 756. The van der Waals surface area contributed by atoms with Crippen molar-refractivity contribution >= 4 is 11.6 Å². The van der Waals surface area contributed by atoms with Gasteiger partial charge in [-0.3, -0.25) is 4.90 Å². The van der Waals surface area contributed by atoms with Crippen molar-refractivity contribution in [1.82, 2.24) is 14.9 Å². The van der Waals surface area contributed by atoms with Gasteiger partial charge in [0.1, 0.15) is 23.7 Å². The molecule has 2 aromatic rings. The molecule has 0 spiro atoms. The van der Waals surface area contributed by atoms with Crippen molar-refractivity contribution in [1.29, 1.82) is 0 Å². The van der Waals surface area contributed by atoms with E-state index in [9.17, 15) is 0 Å². The molecule has 0 amide bonds. The first-order valence-corrected chi connectivity index (χ1v) is 10.6. The van der Waals surface area contributed by atoms with Gasteiger partial charge in [-0.1, -0.05) is 12.1 Å². The standard InChI is InChI=1S/C22H31N5O2/c1-28-20-4-2-18(3-5-20)6-9-23-21-16-22(25-17-24-21)27-10-7-19(8-11-27)26-12-14-29-15-13-26/h2-5,16-17,19H,6-15H2,1H3,(H,23,24,25). The van der Waals surface area contributed by atoms with Crippen LogP contribution in [0.4, 0.5) is 11.6 Å². The van der Waals surface area contributed by atoms with Crippen LogP contribution in [0.25, 0.3) is 0 Å². The average molecular weight is 398 g/mol. The van der Waals surface area contributed by atoms with E-state index in [0.717, 1.165) is 69.7 Å². The third-order valence-electron chi connectivity index (χ3n) is 5.88. The van der Waals surface area contributed by atoms with Crippen molar-refractivity contribution < 1.29 is 9.47 Å². The second kappa shape index (κ2) is 9.89. The number of morpholine rings is 1. The summed E-state index contributed by atoms with van der Waals surface area (Å²) in [4.78, 5) is 13.9. The zero-order valence-electron chi connectivity index (χ0n) is 17.2. The Morgan fingerprint density at radius 1 is 1.07 bits per heavy atom. The van der Waals surface area contributed by atoms with Crippen LogP contribution >= 0.6 is 0 Å². The summed E-state index contributed by atoms with van der Waals surface area (Å²) >= 11 is 0. The maximum absolute atomic E-state index is 5.48. The summed E-state index contributed by atoms with van der Waals surface area (Å²) in [6, 6.07) is 11.0. The van der Waals surface area contributed by atoms with E-state index in [1.807, 2.05) is 12.1 Å². The molecule has 7 nitrogen and oxygen atoms in total. The van der Waals surface area contributed by atoms with E-state index in [2.05, 4.69) is 43.3 Å². The number of anilines is 2. The molecular formula is C22H31N5O2. The number of methoxy groups -OCH3 is 1. The van der Waals surface area contributed by atoms with Crippen molar-refractivity contribution in [3.63, 3.8) is 0 Å². The van der Waals surface area contributed by atoms with Gasteiger partial charge in [0.25, 0.3) is 0 Å². The highest BCUT2D eigenvalue weighted by atomic mass is 16.5. The van der Waals surface area contributed by atoms with Gasteiger partial charge in [-0.2, -0.15) is 0 Å². The van der Waals surface area contributed by atoms with Crippen LogP contribution < -0.4 is 15.0 Å². The van der Waals surface area contributed by atoms with Crippen LogP contribution in [0.3, 0.4) is 0 Å². The van der Waals surface area contributed by atoms with Gasteiger partial charge in [0, 0.05) is 44.8 Å². The maximum Gasteiger partial charge on any atom is 0.134 e. The highest BCUT2D eigenvalue weighted by molar-refractivity contribution is 5.48. The minimum Gasteiger partial charge on any atom is -0.497 e. The van der Waals surface area contributed by atoms with Gasteiger partial charge >= 0.3 is 0 Å². The first-order chi connectivity index (χ1) is 14.3.